The number of hydrogen-bond acceptors (Lipinski definition) is 1. The zero-order valence-corrected chi connectivity index (χ0v) is 27.6. The van der Waals surface area contributed by atoms with Gasteiger partial charge in [0.1, 0.15) is 5.58 Å². The second-order valence-corrected chi connectivity index (χ2v) is 13.3. The topological polar surface area (TPSA) is 23.0 Å². The molecule has 0 spiro atoms. The summed E-state index contributed by atoms with van der Waals surface area (Å²) >= 11 is 0. The number of benzene rings is 8. The van der Waals surface area contributed by atoms with Crippen LogP contribution < -0.4 is 0 Å². The first-order chi connectivity index (χ1) is 25.3. The molecule has 238 valence electrons. The van der Waals surface area contributed by atoms with Crippen LogP contribution in [0.1, 0.15) is 0 Å². The van der Waals surface area contributed by atoms with E-state index in [1.807, 2.05) is 6.07 Å². The lowest BCUT2D eigenvalue weighted by atomic mass is 9.98. The Balaban J connectivity index is 1.04. The minimum Gasteiger partial charge on any atom is -0.454 e. The number of aromatic nitrogens is 2. The van der Waals surface area contributed by atoms with E-state index in [0.717, 1.165) is 38.7 Å². The van der Waals surface area contributed by atoms with Crippen LogP contribution in [-0.2, 0) is 0 Å². The summed E-state index contributed by atoms with van der Waals surface area (Å²) in [5.41, 5.74) is 13.6. The summed E-state index contributed by atoms with van der Waals surface area (Å²) in [6.07, 6.45) is 0. The van der Waals surface area contributed by atoms with E-state index in [-0.39, 0.29) is 0 Å². The van der Waals surface area contributed by atoms with Gasteiger partial charge in [-0.05, 0) is 89.0 Å². The summed E-state index contributed by atoms with van der Waals surface area (Å²) in [6, 6.07) is 65.4. The van der Waals surface area contributed by atoms with E-state index in [1.54, 1.807) is 0 Å². The molecule has 0 aliphatic rings. The second kappa shape index (κ2) is 10.8. The fraction of sp³-hybridized carbons (Fsp3) is 0. The van der Waals surface area contributed by atoms with E-state index in [9.17, 15) is 0 Å². The highest BCUT2D eigenvalue weighted by molar-refractivity contribution is 6.22. The average Bonchev–Trinajstić information content (AvgIpc) is 3.86. The monoisotopic (exact) mass is 650 g/mol. The van der Waals surface area contributed by atoms with Gasteiger partial charge in [0, 0.05) is 43.7 Å². The van der Waals surface area contributed by atoms with Gasteiger partial charge in [0.2, 0.25) is 0 Å². The molecule has 0 saturated heterocycles. The molecule has 3 aromatic heterocycles. The number of furan rings is 1. The summed E-state index contributed by atoms with van der Waals surface area (Å²) in [5, 5.41) is 7.19. The Morgan fingerprint density at radius 2 is 0.804 bits per heavy atom. The molecular weight excluding hydrogens is 621 g/mol. The number of para-hydroxylation sites is 4. The van der Waals surface area contributed by atoms with Gasteiger partial charge in [-0.3, -0.25) is 0 Å². The van der Waals surface area contributed by atoms with Crippen molar-refractivity contribution in [3.8, 4) is 33.6 Å². The van der Waals surface area contributed by atoms with Gasteiger partial charge in [-0.2, -0.15) is 0 Å². The Kier molecular flexibility index (Phi) is 5.96. The molecule has 0 unspecified atom stereocenters. The molecule has 3 heteroatoms. The predicted octanol–water partition coefficient (Wildman–Crippen LogP) is 13.1. The van der Waals surface area contributed by atoms with Gasteiger partial charge in [-0.1, -0.05) is 115 Å². The van der Waals surface area contributed by atoms with Crippen LogP contribution in [-0.4, -0.2) is 9.13 Å². The van der Waals surface area contributed by atoms with Crippen LogP contribution in [0.25, 0.3) is 99.2 Å². The number of rotatable bonds is 4. The maximum absolute atomic E-state index is 6.58. The van der Waals surface area contributed by atoms with Crippen LogP contribution in [0.3, 0.4) is 0 Å². The zero-order valence-electron chi connectivity index (χ0n) is 27.6. The second-order valence-electron chi connectivity index (χ2n) is 13.3. The molecule has 0 radical (unpaired) electrons. The Morgan fingerprint density at radius 1 is 0.314 bits per heavy atom. The van der Waals surface area contributed by atoms with E-state index in [1.165, 1.54) is 60.5 Å². The summed E-state index contributed by atoms with van der Waals surface area (Å²) in [6.45, 7) is 0. The van der Waals surface area contributed by atoms with Crippen molar-refractivity contribution < 1.29 is 4.42 Å². The van der Waals surface area contributed by atoms with Gasteiger partial charge >= 0.3 is 0 Å². The molecule has 0 bridgehead atoms. The summed E-state index contributed by atoms with van der Waals surface area (Å²) in [5.74, 6) is 0. The van der Waals surface area contributed by atoms with Crippen LogP contribution in [0.4, 0.5) is 0 Å². The minimum atomic E-state index is 0.909. The third-order valence-corrected chi connectivity index (χ3v) is 10.5. The quantitative estimate of drug-likeness (QED) is 0.186. The van der Waals surface area contributed by atoms with Gasteiger partial charge in [0.25, 0.3) is 0 Å². The molecule has 0 amide bonds. The van der Waals surface area contributed by atoms with Crippen LogP contribution in [0.15, 0.2) is 186 Å². The zero-order chi connectivity index (χ0) is 33.5. The van der Waals surface area contributed by atoms with E-state index >= 15 is 0 Å². The van der Waals surface area contributed by atoms with Crippen LogP contribution in [0.5, 0.6) is 0 Å². The van der Waals surface area contributed by atoms with E-state index < -0.39 is 0 Å². The summed E-state index contributed by atoms with van der Waals surface area (Å²) in [7, 11) is 0. The third kappa shape index (κ3) is 4.19. The molecule has 3 heterocycles. The Morgan fingerprint density at radius 3 is 1.49 bits per heavy atom. The molecule has 0 N–H and O–H groups in total. The highest BCUT2D eigenvalue weighted by atomic mass is 16.3. The first-order valence-electron chi connectivity index (χ1n) is 17.4. The van der Waals surface area contributed by atoms with Crippen molar-refractivity contribution in [3.63, 3.8) is 0 Å². The van der Waals surface area contributed by atoms with Crippen molar-refractivity contribution >= 4 is 65.6 Å². The van der Waals surface area contributed by atoms with E-state index in [0.29, 0.717) is 0 Å². The van der Waals surface area contributed by atoms with Crippen LogP contribution in [0, 0.1) is 0 Å². The largest absolute Gasteiger partial charge is 0.454 e. The van der Waals surface area contributed by atoms with Crippen molar-refractivity contribution in [2.75, 3.05) is 0 Å². The molecule has 0 aliphatic carbocycles. The number of nitrogens with zero attached hydrogens (tertiary/aromatic N) is 2. The molecule has 11 aromatic rings. The van der Waals surface area contributed by atoms with Crippen molar-refractivity contribution in [3.05, 3.63) is 182 Å². The molecule has 8 aromatic carbocycles. The standard InChI is InChI=1S/C48H30N2O/c1-3-11-35(12-4-1)49-43-17-9-7-15-37(43)41-29-33(23-27-44(41)49)31-19-21-32(22-20-31)34-24-28-45-42(30-34)39-25-26-40-38-16-8-10-18-46(38)51-48(40)47(39)50(45)36-13-5-2-6-14-36/h1-30H. The average molecular weight is 651 g/mol. The minimum absolute atomic E-state index is 0.909. The van der Waals surface area contributed by atoms with Gasteiger partial charge in [0.05, 0.1) is 22.1 Å². The van der Waals surface area contributed by atoms with Crippen molar-refractivity contribution in [2.24, 2.45) is 0 Å². The van der Waals surface area contributed by atoms with E-state index in [2.05, 4.69) is 185 Å². The fourth-order valence-electron chi connectivity index (χ4n) is 8.17. The smallest absolute Gasteiger partial charge is 0.160 e. The summed E-state index contributed by atoms with van der Waals surface area (Å²) < 4.78 is 11.3. The Bertz CT molecular complexity index is 3110. The summed E-state index contributed by atoms with van der Waals surface area (Å²) in [4.78, 5) is 0. The predicted molar refractivity (Wildman–Crippen MR) is 213 cm³/mol. The van der Waals surface area contributed by atoms with Gasteiger partial charge < -0.3 is 13.6 Å². The van der Waals surface area contributed by atoms with Gasteiger partial charge in [0.15, 0.2) is 5.58 Å². The van der Waals surface area contributed by atoms with Crippen LogP contribution >= 0.6 is 0 Å². The highest BCUT2D eigenvalue weighted by Gasteiger charge is 2.20. The van der Waals surface area contributed by atoms with Crippen molar-refractivity contribution in [1.82, 2.24) is 9.13 Å². The van der Waals surface area contributed by atoms with Gasteiger partial charge in [-0.25, -0.2) is 0 Å². The molecule has 0 atom stereocenters. The molecule has 0 fully saturated rings. The molecule has 11 rings (SSSR count). The Hall–Kier alpha value is -6.84. The molecule has 51 heavy (non-hydrogen) atoms. The van der Waals surface area contributed by atoms with Gasteiger partial charge in [-0.15, -0.1) is 0 Å². The Labute approximate surface area is 293 Å². The highest BCUT2D eigenvalue weighted by Crippen LogP contribution is 2.42. The van der Waals surface area contributed by atoms with E-state index in [4.69, 9.17) is 4.42 Å². The lowest BCUT2D eigenvalue weighted by molar-refractivity contribution is 0.671. The first-order valence-corrected chi connectivity index (χ1v) is 17.4. The third-order valence-electron chi connectivity index (χ3n) is 10.5. The van der Waals surface area contributed by atoms with Crippen LogP contribution in [0.2, 0.25) is 0 Å². The normalized spacial score (nSPS) is 11.9. The molecular formula is C48H30N2O. The first kappa shape index (κ1) is 28.0. The maximum atomic E-state index is 6.58. The SMILES string of the molecule is c1ccc(-n2c3ccccc3c3cc(-c4ccc(-c5ccc6c(c5)c5ccc7c8ccccc8oc7c5n6-c5ccccc5)cc4)ccc32)cc1. The number of fused-ring (bicyclic) bond motifs is 10. The molecule has 3 nitrogen and oxygen atoms in total. The lowest BCUT2D eigenvalue weighted by Crippen LogP contribution is -1.93. The van der Waals surface area contributed by atoms with Crippen molar-refractivity contribution in [1.29, 1.82) is 0 Å². The lowest BCUT2D eigenvalue weighted by Gasteiger charge is -2.09. The fourth-order valence-corrected chi connectivity index (χ4v) is 8.17. The molecule has 0 aliphatic heterocycles. The number of hydrogen-bond donors (Lipinski definition) is 0. The maximum Gasteiger partial charge on any atom is 0.160 e. The molecule has 0 saturated carbocycles. The van der Waals surface area contributed by atoms with Crippen molar-refractivity contribution in [2.45, 2.75) is 0 Å².